The summed E-state index contributed by atoms with van der Waals surface area (Å²) in [4.78, 5) is 38.8. The van der Waals surface area contributed by atoms with Crippen molar-refractivity contribution in [3.8, 4) is 10.6 Å². The number of nitrogens with one attached hydrogen (secondary N) is 2. The van der Waals surface area contributed by atoms with E-state index in [2.05, 4.69) is 28.0 Å². The van der Waals surface area contributed by atoms with E-state index >= 15 is 0 Å². The molecule has 0 saturated heterocycles. The van der Waals surface area contributed by atoms with Crippen molar-refractivity contribution < 1.29 is 14.1 Å². The minimum absolute atomic E-state index is 0.0241. The Morgan fingerprint density at radius 1 is 1.06 bits per heavy atom. The summed E-state index contributed by atoms with van der Waals surface area (Å²) in [7, 11) is 0. The van der Waals surface area contributed by atoms with Crippen LogP contribution >= 0.6 is 11.3 Å². The molecule has 0 aliphatic rings. The number of carbonyl (C=O) groups excluding carboxylic acids is 2. The van der Waals surface area contributed by atoms with Crippen LogP contribution < -0.4 is 16.4 Å². The zero-order chi connectivity index (χ0) is 22.5. The topological polar surface area (TPSA) is 119 Å². The van der Waals surface area contributed by atoms with Gasteiger partial charge in [-0.25, -0.2) is 4.68 Å². The monoisotopic (exact) mass is 451 g/mol. The number of aryl methyl sites for hydroxylation is 1. The van der Waals surface area contributed by atoms with E-state index in [1.54, 1.807) is 24.3 Å². The minimum atomic E-state index is -0.638. The molecule has 0 aliphatic heterocycles. The lowest BCUT2D eigenvalue weighted by Gasteiger charge is -2.11. The van der Waals surface area contributed by atoms with E-state index in [0.717, 1.165) is 24.1 Å². The van der Waals surface area contributed by atoms with Crippen molar-refractivity contribution in [1.82, 2.24) is 25.8 Å². The van der Waals surface area contributed by atoms with Crippen molar-refractivity contribution in [3.63, 3.8) is 0 Å². The summed E-state index contributed by atoms with van der Waals surface area (Å²) in [6.07, 6.45) is 2.72. The second-order valence-electron chi connectivity index (χ2n) is 7.09. The van der Waals surface area contributed by atoms with Gasteiger partial charge in [0.05, 0.1) is 10.3 Å². The first-order valence-electron chi connectivity index (χ1n) is 10.2. The van der Waals surface area contributed by atoms with Crippen molar-refractivity contribution in [1.29, 1.82) is 0 Å². The van der Waals surface area contributed by atoms with Crippen LogP contribution in [0.2, 0.25) is 0 Å². The SMILES string of the molecule is CCCCCn1nc(C(=O)NNC(=O)c2cc(-c3cccs3)on2)c2ccccc2c1=O. The molecule has 0 aliphatic carbocycles. The number of aromatic nitrogens is 3. The summed E-state index contributed by atoms with van der Waals surface area (Å²) in [5.74, 6) is -0.811. The second kappa shape index (κ2) is 9.56. The number of hydrogen-bond acceptors (Lipinski definition) is 7. The average Bonchev–Trinajstić information content (AvgIpc) is 3.51. The van der Waals surface area contributed by atoms with E-state index in [1.807, 2.05) is 17.5 Å². The van der Waals surface area contributed by atoms with Gasteiger partial charge in [-0.1, -0.05) is 49.2 Å². The molecule has 3 aromatic heterocycles. The van der Waals surface area contributed by atoms with Crippen LogP contribution in [0.15, 0.2) is 57.2 Å². The predicted octanol–water partition coefficient (Wildman–Crippen LogP) is 3.38. The van der Waals surface area contributed by atoms with Crippen molar-refractivity contribution in [3.05, 3.63) is 69.6 Å². The highest BCUT2D eigenvalue weighted by atomic mass is 32.1. The van der Waals surface area contributed by atoms with Gasteiger partial charge in [-0.05, 0) is 23.9 Å². The van der Waals surface area contributed by atoms with Gasteiger partial charge in [0, 0.05) is 18.0 Å². The Kier molecular flexibility index (Phi) is 6.41. The van der Waals surface area contributed by atoms with Gasteiger partial charge >= 0.3 is 0 Å². The third-order valence-electron chi connectivity index (χ3n) is 4.85. The number of thiophene rings is 1. The van der Waals surface area contributed by atoms with Gasteiger partial charge in [0.15, 0.2) is 17.1 Å². The zero-order valence-electron chi connectivity index (χ0n) is 17.3. The van der Waals surface area contributed by atoms with Gasteiger partial charge in [0.1, 0.15) is 0 Å². The minimum Gasteiger partial charge on any atom is -0.355 e. The van der Waals surface area contributed by atoms with Gasteiger partial charge < -0.3 is 4.52 Å². The quantitative estimate of drug-likeness (QED) is 0.328. The lowest BCUT2D eigenvalue weighted by atomic mass is 10.1. The molecule has 1 aromatic carbocycles. The van der Waals surface area contributed by atoms with E-state index in [9.17, 15) is 14.4 Å². The molecule has 4 aromatic rings. The first-order valence-corrected chi connectivity index (χ1v) is 11.1. The fraction of sp³-hybridized carbons (Fsp3) is 0.227. The van der Waals surface area contributed by atoms with Crippen LogP contribution in [-0.4, -0.2) is 26.8 Å². The van der Waals surface area contributed by atoms with Crippen LogP contribution in [0.1, 0.15) is 47.2 Å². The van der Waals surface area contributed by atoms with E-state index in [-0.39, 0.29) is 16.9 Å². The van der Waals surface area contributed by atoms with E-state index < -0.39 is 11.8 Å². The standard InChI is InChI=1S/C22H21N5O4S/c1-2-3-6-11-27-22(30)15-9-5-4-8-14(15)19(25-27)21(29)24-23-20(28)16-13-17(31-26-16)18-10-7-12-32-18/h4-5,7-10,12-13H,2-3,6,11H2,1H3,(H,23,28)(H,24,29). The summed E-state index contributed by atoms with van der Waals surface area (Å²) in [5.41, 5.74) is 4.50. The Hall–Kier alpha value is -3.79. The fourth-order valence-electron chi connectivity index (χ4n) is 3.22. The summed E-state index contributed by atoms with van der Waals surface area (Å²) in [6.45, 7) is 2.48. The molecule has 0 radical (unpaired) electrons. The maximum atomic E-state index is 12.8. The van der Waals surface area contributed by atoms with Gasteiger partial charge in [-0.15, -0.1) is 11.3 Å². The second-order valence-corrected chi connectivity index (χ2v) is 8.04. The van der Waals surface area contributed by atoms with Crippen molar-refractivity contribution in [2.75, 3.05) is 0 Å². The summed E-state index contributed by atoms with van der Waals surface area (Å²) >= 11 is 1.46. The molecule has 0 saturated carbocycles. The number of rotatable bonds is 7. The first-order chi connectivity index (χ1) is 15.6. The average molecular weight is 452 g/mol. The van der Waals surface area contributed by atoms with Crippen molar-refractivity contribution in [2.24, 2.45) is 0 Å². The van der Waals surface area contributed by atoms with Crippen LogP contribution in [0.5, 0.6) is 0 Å². The van der Waals surface area contributed by atoms with Gasteiger partial charge in [-0.3, -0.25) is 25.2 Å². The number of fused-ring (bicyclic) bond motifs is 1. The first kappa shape index (κ1) is 21.4. The number of amides is 2. The molecular formula is C22H21N5O4S. The Morgan fingerprint density at radius 2 is 1.84 bits per heavy atom. The lowest BCUT2D eigenvalue weighted by Crippen LogP contribution is -2.43. The van der Waals surface area contributed by atoms with Crippen LogP contribution in [0, 0.1) is 0 Å². The Bertz CT molecular complexity index is 1310. The number of hydrogen-bond donors (Lipinski definition) is 2. The molecule has 0 fully saturated rings. The molecule has 0 unspecified atom stereocenters. The maximum Gasteiger partial charge on any atom is 0.291 e. The predicted molar refractivity (Wildman–Crippen MR) is 120 cm³/mol. The molecule has 4 rings (SSSR count). The number of hydrazine groups is 1. The third-order valence-corrected chi connectivity index (χ3v) is 5.74. The van der Waals surface area contributed by atoms with Crippen LogP contribution in [0.3, 0.4) is 0 Å². The van der Waals surface area contributed by atoms with Gasteiger partial charge in [-0.2, -0.15) is 5.10 Å². The largest absolute Gasteiger partial charge is 0.355 e. The Morgan fingerprint density at radius 3 is 2.59 bits per heavy atom. The van der Waals surface area contributed by atoms with Crippen molar-refractivity contribution in [2.45, 2.75) is 32.7 Å². The number of benzene rings is 1. The van der Waals surface area contributed by atoms with Gasteiger partial charge in [0.2, 0.25) is 0 Å². The van der Waals surface area contributed by atoms with Crippen LogP contribution in [-0.2, 0) is 6.54 Å². The molecule has 164 valence electrons. The Labute approximate surface area is 187 Å². The molecule has 3 heterocycles. The van der Waals surface area contributed by atoms with Crippen LogP contribution in [0.25, 0.3) is 21.4 Å². The highest BCUT2D eigenvalue weighted by molar-refractivity contribution is 7.13. The molecule has 2 amide bonds. The number of carbonyl (C=O) groups is 2. The number of nitrogens with zero attached hydrogens (tertiary/aromatic N) is 3. The number of unbranched alkanes of at least 4 members (excludes halogenated alkanes) is 2. The van der Waals surface area contributed by atoms with E-state index in [1.165, 1.54) is 22.1 Å². The van der Waals surface area contributed by atoms with Gasteiger partial charge in [0.25, 0.3) is 17.4 Å². The molecule has 2 N–H and O–H groups in total. The molecule has 9 nitrogen and oxygen atoms in total. The summed E-state index contributed by atoms with van der Waals surface area (Å²) in [5, 5.41) is 10.7. The third kappa shape index (κ3) is 4.45. The molecular weight excluding hydrogens is 430 g/mol. The molecule has 10 heteroatoms. The maximum absolute atomic E-state index is 12.8. The molecule has 0 bridgehead atoms. The summed E-state index contributed by atoms with van der Waals surface area (Å²) in [6, 6.07) is 12.0. The zero-order valence-corrected chi connectivity index (χ0v) is 18.1. The normalized spacial score (nSPS) is 10.9. The fourth-order valence-corrected chi connectivity index (χ4v) is 3.89. The van der Waals surface area contributed by atoms with Crippen molar-refractivity contribution >= 4 is 33.9 Å². The Balaban J connectivity index is 1.52. The van der Waals surface area contributed by atoms with Crippen LogP contribution in [0.4, 0.5) is 0 Å². The smallest absolute Gasteiger partial charge is 0.291 e. The molecule has 0 atom stereocenters. The lowest BCUT2D eigenvalue weighted by molar-refractivity contribution is 0.0838. The van der Waals surface area contributed by atoms with E-state index in [4.69, 9.17) is 4.52 Å². The highest BCUT2D eigenvalue weighted by Gasteiger charge is 2.19. The molecule has 32 heavy (non-hydrogen) atoms. The molecule has 0 spiro atoms. The summed E-state index contributed by atoms with van der Waals surface area (Å²) < 4.78 is 6.50. The highest BCUT2D eigenvalue weighted by Crippen LogP contribution is 2.25. The van der Waals surface area contributed by atoms with E-state index in [0.29, 0.717) is 23.1 Å².